The van der Waals surface area contributed by atoms with Crippen molar-refractivity contribution in [3.8, 4) is 0 Å². The lowest BCUT2D eigenvalue weighted by Gasteiger charge is -2.20. The van der Waals surface area contributed by atoms with Crippen LogP contribution in [0.1, 0.15) is 181 Å². The van der Waals surface area contributed by atoms with Crippen LogP contribution in [0.3, 0.4) is 0 Å². The largest absolute Gasteiger partial charge is 0.394 e. The van der Waals surface area contributed by atoms with E-state index in [4.69, 9.17) is 0 Å². The zero-order valence-electron chi connectivity index (χ0n) is 32.6. The number of carbonyl (C=O) groups excluding carboxylic acids is 1. The van der Waals surface area contributed by atoms with Gasteiger partial charge in [0, 0.05) is 6.42 Å². The molecule has 0 spiro atoms. The number of carbonyl (C=O) groups is 1. The van der Waals surface area contributed by atoms with Crippen molar-refractivity contribution in [3.63, 3.8) is 0 Å². The van der Waals surface area contributed by atoms with E-state index in [0.29, 0.717) is 6.42 Å². The number of nitrogens with one attached hydrogen (secondary N) is 1. The van der Waals surface area contributed by atoms with E-state index in [1.807, 2.05) is 6.08 Å². The molecule has 50 heavy (non-hydrogen) atoms. The van der Waals surface area contributed by atoms with Crippen LogP contribution in [0.4, 0.5) is 0 Å². The molecule has 0 aliphatic carbocycles. The quantitative estimate of drug-likeness (QED) is 0.0452. The minimum Gasteiger partial charge on any atom is -0.394 e. The van der Waals surface area contributed by atoms with E-state index in [1.165, 1.54) is 96.3 Å². The molecule has 0 rings (SSSR count). The molecule has 2 unspecified atom stereocenters. The highest BCUT2D eigenvalue weighted by molar-refractivity contribution is 5.76. The summed E-state index contributed by atoms with van der Waals surface area (Å²) in [5, 5.41) is 22.7. The zero-order chi connectivity index (χ0) is 36.4. The zero-order valence-corrected chi connectivity index (χ0v) is 32.6. The van der Waals surface area contributed by atoms with Crippen molar-refractivity contribution < 1.29 is 15.0 Å². The molecule has 3 N–H and O–H groups in total. The van der Waals surface area contributed by atoms with E-state index in [2.05, 4.69) is 92.1 Å². The molecule has 0 saturated heterocycles. The molecule has 1 amide bonds. The fourth-order valence-corrected chi connectivity index (χ4v) is 5.71. The van der Waals surface area contributed by atoms with Crippen LogP contribution in [0.2, 0.25) is 0 Å². The van der Waals surface area contributed by atoms with Gasteiger partial charge in [-0.05, 0) is 70.6 Å². The number of rotatable bonds is 36. The van der Waals surface area contributed by atoms with Gasteiger partial charge >= 0.3 is 0 Å². The van der Waals surface area contributed by atoms with Gasteiger partial charge < -0.3 is 15.5 Å². The van der Waals surface area contributed by atoms with Gasteiger partial charge in [-0.3, -0.25) is 4.79 Å². The summed E-state index contributed by atoms with van der Waals surface area (Å²) in [6.07, 6.45) is 59.9. The topological polar surface area (TPSA) is 69.6 Å². The lowest BCUT2D eigenvalue weighted by molar-refractivity contribution is -0.123. The molecular weight excluding hydrogens is 615 g/mol. The fourth-order valence-electron chi connectivity index (χ4n) is 5.71. The van der Waals surface area contributed by atoms with E-state index < -0.39 is 12.1 Å². The highest BCUT2D eigenvalue weighted by Crippen LogP contribution is 2.13. The number of allylic oxidation sites excluding steroid dienone is 13. The number of aliphatic hydroxyl groups is 2. The molecule has 0 aliphatic heterocycles. The third-order valence-electron chi connectivity index (χ3n) is 8.88. The summed E-state index contributed by atoms with van der Waals surface area (Å²) in [4.78, 5) is 12.3. The normalized spacial score (nSPS) is 13.9. The number of hydrogen-bond donors (Lipinski definition) is 3. The molecule has 2 atom stereocenters. The SMILES string of the molecule is CC/C=C\C/C=C\C/C=C\C/C=C\C/C=C\C/C=C\CCCCCCCCCCCCCCC(=O)NC(CO)C(O)/C=C/CCCCCCC. The number of aliphatic hydroxyl groups excluding tert-OH is 2. The molecule has 286 valence electrons. The maximum absolute atomic E-state index is 12.3. The van der Waals surface area contributed by atoms with Gasteiger partial charge in [-0.15, -0.1) is 0 Å². The first kappa shape index (κ1) is 47.6. The Morgan fingerprint density at radius 1 is 0.500 bits per heavy atom. The molecule has 0 aliphatic rings. The summed E-state index contributed by atoms with van der Waals surface area (Å²) < 4.78 is 0. The van der Waals surface area contributed by atoms with Crippen LogP contribution in [0.15, 0.2) is 85.1 Å². The smallest absolute Gasteiger partial charge is 0.220 e. The van der Waals surface area contributed by atoms with Gasteiger partial charge in [-0.25, -0.2) is 0 Å². The molecule has 0 saturated carbocycles. The van der Waals surface area contributed by atoms with Crippen LogP contribution in [0.25, 0.3) is 0 Å². The third-order valence-corrected chi connectivity index (χ3v) is 8.88. The van der Waals surface area contributed by atoms with E-state index in [0.717, 1.165) is 64.2 Å². The van der Waals surface area contributed by atoms with Crippen molar-refractivity contribution in [1.29, 1.82) is 0 Å². The van der Waals surface area contributed by atoms with Crippen LogP contribution in [0, 0.1) is 0 Å². The van der Waals surface area contributed by atoms with E-state index in [-0.39, 0.29) is 12.5 Å². The Morgan fingerprint density at radius 2 is 0.880 bits per heavy atom. The van der Waals surface area contributed by atoms with Gasteiger partial charge in [-0.2, -0.15) is 0 Å². The van der Waals surface area contributed by atoms with Crippen molar-refractivity contribution in [2.24, 2.45) is 0 Å². The average molecular weight is 694 g/mol. The van der Waals surface area contributed by atoms with Gasteiger partial charge in [0.15, 0.2) is 0 Å². The van der Waals surface area contributed by atoms with Gasteiger partial charge in [-0.1, -0.05) is 189 Å². The second-order valence-corrected chi connectivity index (χ2v) is 13.7. The third kappa shape index (κ3) is 36.8. The average Bonchev–Trinajstić information content (AvgIpc) is 3.12. The lowest BCUT2D eigenvalue weighted by atomic mass is 10.0. The van der Waals surface area contributed by atoms with E-state index in [1.54, 1.807) is 6.08 Å². The van der Waals surface area contributed by atoms with Gasteiger partial charge in [0.2, 0.25) is 5.91 Å². The highest BCUT2D eigenvalue weighted by Gasteiger charge is 2.17. The van der Waals surface area contributed by atoms with Crippen LogP contribution in [-0.2, 0) is 4.79 Å². The van der Waals surface area contributed by atoms with Gasteiger partial charge in [0.25, 0.3) is 0 Å². The van der Waals surface area contributed by atoms with Gasteiger partial charge in [0.05, 0.1) is 18.8 Å². The Kier molecular flexibility index (Phi) is 39.0. The van der Waals surface area contributed by atoms with Crippen LogP contribution < -0.4 is 5.32 Å². The summed E-state index contributed by atoms with van der Waals surface area (Å²) in [6, 6.07) is -0.624. The molecule has 0 heterocycles. The Labute approximate surface area is 310 Å². The molecule has 0 radical (unpaired) electrons. The molecule has 0 aromatic heterocycles. The molecule has 0 fully saturated rings. The summed E-state index contributed by atoms with van der Waals surface area (Å²) in [7, 11) is 0. The van der Waals surface area contributed by atoms with Gasteiger partial charge in [0.1, 0.15) is 0 Å². The minimum absolute atomic E-state index is 0.0755. The molecular formula is C46H79NO3. The fraction of sp³-hybridized carbons (Fsp3) is 0.674. The highest BCUT2D eigenvalue weighted by atomic mass is 16.3. The number of amides is 1. The molecule has 4 nitrogen and oxygen atoms in total. The summed E-state index contributed by atoms with van der Waals surface area (Å²) in [5.41, 5.74) is 0. The predicted octanol–water partition coefficient (Wildman–Crippen LogP) is 12.9. The lowest BCUT2D eigenvalue weighted by Crippen LogP contribution is -2.45. The van der Waals surface area contributed by atoms with Crippen molar-refractivity contribution >= 4 is 5.91 Å². The second-order valence-electron chi connectivity index (χ2n) is 13.7. The standard InChI is InChI=1S/C46H79NO3/c1-3-5-7-9-11-12-13-14-15-16-17-18-19-20-21-22-23-24-25-26-27-28-29-30-31-32-33-34-36-38-40-42-46(50)47-44(43-48)45(49)41-39-37-35-10-8-6-4-2/h5,7,11-12,14-15,17-18,20-21,23-24,39,41,44-45,48-49H,3-4,6,8-10,13,16,19,22,25-38,40,42-43H2,1-2H3,(H,47,50)/b7-5-,12-11-,15-14-,18-17-,21-20-,24-23-,41-39+. The van der Waals surface area contributed by atoms with Crippen molar-refractivity contribution in [2.75, 3.05) is 6.61 Å². The summed E-state index contributed by atoms with van der Waals surface area (Å²) >= 11 is 0. The first-order valence-electron chi connectivity index (χ1n) is 20.8. The van der Waals surface area contributed by atoms with Crippen LogP contribution in [-0.4, -0.2) is 34.9 Å². The van der Waals surface area contributed by atoms with Crippen molar-refractivity contribution in [2.45, 2.75) is 193 Å². The predicted molar refractivity (Wildman–Crippen MR) is 220 cm³/mol. The maximum atomic E-state index is 12.3. The van der Waals surface area contributed by atoms with Crippen molar-refractivity contribution in [1.82, 2.24) is 5.32 Å². The Hall–Kier alpha value is -2.43. The first-order valence-corrected chi connectivity index (χ1v) is 20.8. The summed E-state index contributed by atoms with van der Waals surface area (Å²) in [5.74, 6) is -0.0755. The maximum Gasteiger partial charge on any atom is 0.220 e. The Bertz CT molecular complexity index is 926. The molecule has 0 aromatic carbocycles. The van der Waals surface area contributed by atoms with Crippen LogP contribution >= 0.6 is 0 Å². The van der Waals surface area contributed by atoms with Crippen molar-refractivity contribution in [3.05, 3.63) is 85.1 Å². The summed E-state index contributed by atoms with van der Waals surface area (Å²) in [6.45, 7) is 4.12. The molecule has 0 bridgehead atoms. The Morgan fingerprint density at radius 3 is 1.32 bits per heavy atom. The molecule has 4 heteroatoms. The van der Waals surface area contributed by atoms with Crippen LogP contribution in [0.5, 0.6) is 0 Å². The second kappa shape index (κ2) is 41.0. The monoisotopic (exact) mass is 694 g/mol. The number of unbranched alkanes of at least 4 members (excludes halogenated alkanes) is 17. The molecule has 0 aromatic rings. The van der Waals surface area contributed by atoms with E-state index in [9.17, 15) is 15.0 Å². The number of hydrogen-bond acceptors (Lipinski definition) is 3. The first-order chi connectivity index (χ1) is 24.7. The Balaban J connectivity index is 3.54. The van der Waals surface area contributed by atoms with E-state index >= 15 is 0 Å². The minimum atomic E-state index is -0.840.